The van der Waals surface area contributed by atoms with Gasteiger partial charge in [0.25, 0.3) is 11.8 Å². The van der Waals surface area contributed by atoms with E-state index >= 15 is 0 Å². The maximum absolute atomic E-state index is 13.0. The first-order valence-electron chi connectivity index (χ1n) is 8.28. The van der Waals surface area contributed by atoms with Crippen LogP contribution in [0.2, 0.25) is 0 Å². The number of amides is 2. The summed E-state index contributed by atoms with van der Waals surface area (Å²) in [7, 11) is 0. The van der Waals surface area contributed by atoms with E-state index in [1.54, 1.807) is 24.3 Å². The fourth-order valence-electron chi connectivity index (χ4n) is 2.40. The lowest BCUT2D eigenvalue weighted by Gasteiger charge is -2.10. The Morgan fingerprint density at radius 3 is 2.43 bits per heavy atom. The maximum atomic E-state index is 13.0. The van der Waals surface area contributed by atoms with E-state index in [2.05, 4.69) is 31.8 Å². The lowest BCUT2D eigenvalue weighted by molar-refractivity contribution is 0.0956. The number of carbonyl (C=O) groups excluding carboxylic acids is 2. The minimum atomic E-state index is -0.471. The fourth-order valence-corrected chi connectivity index (χ4v) is 2.82. The molecule has 28 heavy (non-hydrogen) atoms. The van der Waals surface area contributed by atoms with Gasteiger partial charge in [-0.2, -0.15) is 5.10 Å². The highest BCUT2D eigenvalue weighted by atomic mass is 79.9. The van der Waals surface area contributed by atoms with Crippen molar-refractivity contribution in [2.75, 3.05) is 5.32 Å². The Bertz CT molecular complexity index is 1040. The van der Waals surface area contributed by atoms with Gasteiger partial charge in [-0.15, -0.1) is 0 Å². The Balaban J connectivity index is 1.71. The summed E-state index contributed by atoms with van der Waals surface area (Å²) in [6, 6.07) is 19.1. The van der Waals surface area contributed by atoms with Gasteiger partial charge in [0.05, 0.1) is 17.5 Å². The SMILES string of the molecule is O=C(Nc1ccccc1C(=O)N/N=C/c1cccc(Br)c1)c1ccc(F)cc1. The van der Waals surface area contributed by atoms with Crippen LogP contribution in [0.15, 0.2) is 82.4 Å². The molecule has 0 bridgehead atoms. The molecule has 2 amide bonds. The zero-order chi connectivity index (χ0) is 19.9. The predicted octanol–water partition coefficient (Wildman–Crippen LogP) is 4.60. The number of nitrogens with one attached hydrogen (secondary N) is 2. The summed E-state index contributed by atoms with van der Waals surface area (Å²) >= 11 is 3.37. The molecule has 3 aromatic carbocycles. The Morgan fingerprint density at radius 2 is 1.68 bits per heavy atom. The summed E-state index contributed by atoms with van der Waals surface area (Å²) in [6.07, 6.45) is 1.52. The molecule has 0 saturated carbocycles. The Kier molecular flexibility index (Phi) is 6.29. The zero-order valence-electron chi connectivity index (χ0n) is 14.5. The number of benzene rings is 3. The second-order valence-electron chi connectivity index (χ2n) is 5.76. The largest absolute Gasteiger partial charge is 0.321 e. The molecule has 0 aliphatic rings. The van der Waals surface area contributed by atoms with Gasteiger partial charge in [-0.1, -0.05) is 40.2 Å². The van der Waals surface area contributed by atoms with E-state index in [-0.39, 0.29) is 11.1 Å². The first kappa shape index (κ1) is 19.4. The third-order valence-electron chi connectivity index (χ3n) is 3.75. The highest BCUT2D eigenvalue weighted by molar-refractivity contribution is 9.10. The number of hydrazone groups is 1. The minimum Gasteiger partial charge on any atom is -0.321 e. The highest BCUT2D eigenvalue weighted by Crippen LogP contribution is 2.16. The fraction of sp³-hybridized carbons (Fsp3) is 0. The molecule has 2 N–H and O–H groups in total. The molecule has 0 unspecified atom stereocenters. The van der Waals surface area contributed by atoms with Gasteiger partial charge < -0.3 is 5.32 Å². The Hall–Kier alpha value is -3.32. The summed E-state index contributed by atoms with van der Waals surface area (Å²) < 4.78 is 13.9. The van der Waals surface area contributed by atoms with E-state index in [1.165, 1.54) is 30.5 Å². The van der Waals surface area contributed by atoms with Crippen molar-refractivity contribution in [3.63, 3.8) is 0 Å². The van der Waals surface area contributed by atoms with E-state index < -0.39 is 17.6 Å². The summed E-state index contributed by atoms with van der Waals surface area (Å²) in [5, 5.41) is 6.61. The molecule has 0 aliphatic heterocycles. The van der Waals surface area contributed by atoms with Gasteiger partial charge in [-0.05, 0) is 54.1 Å². The van der Waals surface area contributed by atoms with Crippen LogP contribution in [-0.4, -0.2) is 18.0 Å². The van der Waals surface area contributed by atoms with Gasteiger partial charge in [0.1, 0.15) is 5.82 Å². The second kappa shape index (κ2) is 9.05. The Labute approximate surface area is 169 Å². The van der Waals surface area contributed by atoms with Crippen LogP contribution < -0.4 is 10.7 Å². The van der Waals surface area contributed by atoms with E-state index in [9.17, 15) is 14.0 Å². The number of para-hydroxylation sites is 1. The normalized spacial score (nSPS) is 10.6. The predicted molar refractivity (Wildman–Crippen MR) is 110 cm³/mol. The number of anilines is 1. The third kappa shape index (κ3) is 5.11. The lowest BCUT2D eigenvalue weighted by atomic mass is 10.1. The number of nitrogens with zero attached hydrogens (tertiary/aromatic N) is 1. The van der Waals surface area contributed by atoms with Crippen molar-refractivity contribution < 1.29 is 14.0 Å². The van der Waals surface area contributed by atoms with Crippen molar-refractivity contribution in [2.45, 2.75) is 0 Å². The van der Waals surface area contributed by atoms with Crippen molar-refractivity contribution in [1.82, 2.24) is 5.43 Å². The van der Waals surface area contributed by atoms with Crippen molar-refractivity contribution in [2.24, 2.45) is 5.10 Å². The van der Waals surface area contributed by atoms with Crippen LogP contribution in [0.3, 0.4) is 0 Å². The third-order valence-corrected chi connectivity index (χ3v) is 4.25. The summed E-state index contributed by atoms with van der Waals surface area (Å²) in [5.74, 6) is -1.35. The number of rotatable bonds is 5. The number of halogens is 2. The molecule has 0 aliphatic carbocycles. The lowest BCUT2D eigenvalue weighted by Crippen LogP contribution is -2.21. The summed E-state index contributed by atoms with van der Waals surface area (Å²) in [4.78, 5) is 24.8. The molecule has 7 heteroatoms. The van der Waals surface area contributed by atoms with Crippen molar-refractivity contribution in [1.29, 1.82) is 0 Å². The second-order valence-corrected chi connectivity index (χ2v) is 6.68. The van der Waals surface area contributed by atoms with Gasteiger partial charge in [0.2, 0.25) is 0 Å². The van der Waals surface area contributed by atoms with Gasteiger partial charge in [0.15, 0.2) is 0 Å². The number of carbonyl (C=O) groups is 2. The standard InChI is InChI=1S/C21H15BrFN3O2/c22-16-5-3-4-14(12-16)13-24-26-21(28)18-6-1-2-7-19(18)25-20(27)15-8-10-17(23)11-9-15/h1-13H,(H,25,27)(H,26,28)/b24-13+. The van der Waals surface area contributed by atoms with Crippen molar-refractivity contribution in [3.05, 3.63) is 99.8 Å². The van der Waals surface area contributed by atoms with Crippen LogP contribution in [0.25, 0.3) is 0 Å². The highest BCUT2D eigenvalue weighted by Gasteiger charge is 2.13. The summed E-state index contributed by atoms with van der Waals surface area (Å²) in [5.41, 5.74) is 4.12. The van der Waals surface area contributed by atoms with Crippen molar-refractivity contribution >= 4 is 39.6 Å². The summed E-state index contributed by atoms with van der Waals surface area (Å²) in [6.45, 7) is 0. The van der Waals surface area contributed by atoms with E-state index in [0.717, 1.165) is 10.0 Å². The van der Waals surface area contributed by atoms with E-state index in [4.69, 9.17) is 0 Å². The average molecular weight is 440 g/mol. The molecule has 0 heterocycles. The minimum absolute atomic E-state index is 0.254. The molecule has 3 rings (SSSR count). The van der Waals surface area contributed by atoms with Gasteiger partial charge in [-0.3, -0.25) is 9.59 Å². The number of hydrogen-bond donors (Lipinski definition) is 2. The van der Waals surface area contributed by atoms with Crippen LogP contribution in [-0.2, 0) is 0 Å². The van der Waals surface area contributed by atoms with Crippen molar-refractivity contribution in [3.8, 4) is 0 Å². The molecule has 140 valence electrons. The molecule has 0 spiro atoms. The molecule has 0 fully saturated rings. The molecular weight excluding hydrogens is 425 g/mol. The molecule has 3 aromatic rings. The quantitative estimate of drug-likeness (QED) is 0.450. The first-order chi connectivity index (χ1) is 13.5. The van der Waals surface area contributed by atoms with Crippen LogP contribution in [0, 0.1) is 5.82 Å². The van der Waals surface area contributed by atoms with Crippen LogP contribution in [0.4, 0.5) is 10.1 Å². The van der Waals surface area contributed by atoms with E-state index in [0.29, 0.717) is 5.69 Å². The van der Waals surface area contributed by atoms with Gasteiger partial charge in [-0.25, -0.2) is 9.82 Å². The van der Waals surface area contributed by atoms with Gasteiger partial charge >= 0.3 is 0 Å². The van der Waals surface area contributed by atoms with Gasteiger partial charge in [0, 0.05) is 10.0 Å². The molecule has 0 radical (unpaired) electrons. The zero-order valence-corrected chi connectivity index (χ0v) is 16.1. The Morgan fingerprint density at radius 1 is 0.929 bits per heavy atom. The van der Waals surface area contributed by atoms with Crippen LogP contribution in [0.1, 0.15) is 26.3 Å². The average Bonchev–Trinajstić information content (AvgIpc) is 2.69. The van der Waals surface area contributed by atoms with Crippen LogP contribution >= 0.6 is 15.9 Å². The molecule has 0 aromatic heterocycles. The topological polar surface area (TPSA) is 70.6 Å². The maximum Gasteiger partial charge on any atom is 0.273 e. The molecular formula is C21H15BrFN3O2. The van der Waals surface area contributed by atoms with E-state index in [1.807, 2.05) is 24.3 Å². The monoisotopic (exact) mass is 439 g/mol. The smallest absolute Gasteiger partial charge is 0.273 e. The first-order valence-corrected chi connectivity index (χ1v) is 9.07. The molecule has 0 atom stereocenters. The van der Waals surface area contributed by atoms with Crippen LogP contribution in [0.5, 0.6) is 0 Å². The number of hydrogen-bond acceptors (Lipinski definition) is 3. The molecule has 0 saturated heterocycles. The molecule has 5 nitrogen and oxygen atoms in total.